The van der Waals surface area contributed by atoms with Crippen molar-refractivity contribution in [3.63, 3.8) is 0 Å². The third-order valence-corrected chi connectivity index (χ3v) is 20.7. The predicted molar refractivity (Wildman–Crippen MR) is 411 cm³/mol. The van der Waals surface area contributed by atoms with Crippen LogP contribution in [0.15, 0.2) is 24.3 Å². The normalized spacial score (nSPS) is 13.0. The fraction of sp³-hybridized carbons (Fsp3) is 0.929. The zero-order valence-electron chi connectivity index (χ0n) is 64.7. The van der Waals surface area contributed by atoms with Crippen LogP contribution in [0.3, 0.4) is 0 Å². The molecule has 2 unspecified atom stereocenters. The highest BCUT2D eigenvalue weighted by molar-refractivity contribution is 7.45. The third kappa shape index (κ3) is 81.3. The lowest BCUT2D eigenvalue weighted by molar-refractivity contribution is -0.870. The van der Waals surface area contributed by atoms with E-state index in [1.807, 2.05) is 21.1 Å². The van der Waals surface area contributed by atoms with Gasteiger partial charge in [0.05, 0.1) is 27.7 Å². The molecule has 564 valence electrons. The Morgan fingerprint density at radius 3 is 0.832 bits per heavy atom. The maximum Gasteiger partial charge on any atom is 0.306 e. The number of phosphoric ester groups is 1. The standard InChI is InChI=1S/C85H166NO8P/c1-6-8-10-12-14-16-18-20-22-24-26-28-30-32-34-36-38-40-42-44-45-47-49-51-53-55-57-59-61-63-65-67-69-71-73-75-77-84(87)91-81-83(82-93-95(89,90)92-80-79-86(3,4)5)94-85(88)78-76-74-72-70-68-66-64-62-60-58-56-54-52-50-48-46-43-41-39-37-35-33-31-29-27-25-23-21-19-17-15-13-11-9-7-2/h19,21,25,27,83H,6-18,20,22-24,26,28-82H2,1-5H3/b21-19-,27-25-. The molecule has 0 aromatic rings. The van der Waals surface area contributed by atoms with E-state index in [0.29, 0.717) is 17.4 Å². The molecule has 0 heterocycles. The van der Waals surface area contributed by atoms with Gasteiger partial charge in [0, 0.05) is 12.8 Å². The molecule has 0 aromatic carbocycles. The van der Waals surface area contributed by atoms with Crippen LogP contribution < -0.4 is 4.89 Å². The molecule has 0 N–H and O–H groups in total. The number of hydrogen-bond acceptors (Lipinski definition) is 8. The molecule has 0 fully saturated rings. The number of hydrogen-bond donors (Lipinski definition) is 0. The molecule has 0 saturated carbocycles. The average molecular weight is 1360 g/mol. The van der Waals surface area contributed by atoms with Gasteiger partial charge in [-0.15, -0.1) is 0 Å². The van der Waals surface area contributed by atoms with Crippen molar-refractivity contribution in [3.8, 4) is 0 Å². The van der Waals surface area contributed by atoms with Gasteiger partial charge >= 0.3 is 11.9 Å². The number of esters is 2. The molecule has 0 aliphatic rings. The lowest BCUT2D eigenvalue weighted by Crippen LogP contribution is -2.37. The van der Waals surface area contributed by atoms with Gasteiger partial charge in [-0.3, -0.25) is 14.2 Å². The first-order chi connectivity index (χ1) is 46.5. The second kappa shape index (κ2) is 76.7. The number of rotatable bonds is 81. The Hall–Kier alpha value is -1.51. The van der Waals surface area contributed by atoms with Crippen LogP contribution in [-0.4, -0.2) is 70.0 Å². The highest BCUT2D eigenvalue weighted by Gasteiger charge is 2.22. The summed E-state index contributed by atoms with van der Waals surface area (Å²) in [5.41, 5.74) is 0. The summed E-state index contributed by atoms with van der Waals surface area (Å²) in [5, 5.41) is 0. The molecule has 0 aliphatic carbocycles. The molecular formula is C85H166NO8P. The minimum absolute atomic E-state index is 0.0261. The van der Waals surface area contributed by atoms with Gasteiger partial charge in [-0.25, -0.2) is 0 Å². The molecule has 2 atom stereocenters. The topological polar surface area (TPSA) is 111 Å². The predicted octanol–water partition coefficient (Wildman–Crippen LogP) is 27.7. The SMILES string of the molecule is CCCCCCC/C=C\C/C=C\CCCCCCCCCCCCCCCCCCCCCCCCCC(=O)OC(COC(=O)CCCCCCCCCCCCCCCCCCCCCCCCCCCCCCCCCCCCCC)COP(=O)([O-])OCC[N+](C)(C)C. The van der Waals surface area contributed by atoms with Crippen molar-refractivity contribution in [2.75, 3.05) is 47.5 Å². The Labute approximate surface area is 593 Å². The summed E-state index contributed by atoms with van der Waals surface area (Å²) < 4.78 is 34.5. The number of likely N-dealkylation sites (N-methyl/N-ethyl adjacent to an activating group) is 1. The van der Waals surface area contributed by atoms with Crippen LogP contribution in [0.2, 0.25) is 0 Å². The summed E-state index contributed by atoms with van der Waals surface area (Å²) in [7, 11) is 1.20. The van der Waals surface area contributed by atoms with E-state index in [-0.39, 0.29) is 32.0 Å². The van der Waals surface area contributed by atoms with Gasteiger partial charge in [-0.2, -0.15) is 0 Å². The quantitative estimate of drug-likeness (QED) is 0.0195. The van der Waals surface area contributed by atoms with E-state index in [0.717, 1.165) is 38.5 Å². The maximum atomic E-state index is 12.9. The number of quaternary nitrogens is 1. The molecule has 0 bridgehead atoms. The molecule has 9 nitrogen and oxygen atoms in total. The Morgan fingerprint density at radius 2 is 0.568 bits per heavy atom. The van der Waals surface area contributed by atoms with Crippen LogP contribution in [0.25, 0.3) is 0 Å². The van der Waals surface area contributed by atoms with Gasteiger partial charge in [-0.05, 0) is 44.9 Å². The third-order valence-electron chi connectivity index (χ3n) is 19.7. The van der Waals surface area contributed by atoms with Crippen molar-refractivity contribution >= 4 is 19.8 Å². The van der Waals surface area contributed by atoms with Gasteiger partial charge in [-0.1, -0.05) is 423 Å². The molecule has 95 heavy (non-hydrogen) atoms. The summed E-state index contributed by atoms with van der Waals surface area (Å²) in [4.78, 5) is 38.2. The van der Waals surface area contributed by atoms with Crippen LogP contribution in [-0.2, 0) is 32.7 Å². The maximum absolute atomic E-state index is 12.9. The van der Waals surface area contributed by atoms with Crippen molar-refractivity contribution in [3.05, 3.63) is 24.3 Å². The van der Waals surface area contributed by atoms with E-state index in [9.17, 15) is 19.0 Å². The smallest absolute Gasteiger partial charge is 0.306 e. The molecule has 0 saturated heterocycles. The van der Waals surface area contributed by atoms with Gasteiger partial charge in [0.1, 0.15) is 19.8 Å². The molecule has 0 radical (unpaired) electrons. The summed E-state index contributed by atoms with van der Waals surface area (Å²) in [6.07, 6.45) is 99.1. The van der Waals surface area contributed by atoms with Crippen molar-refractivity contribution < 1.29 is 42.1 Å². The van der Waals surface area contributed by atoms with Gasteiger partial charge in [0.15, 0.2) is 6.10 Å². The Balaban J connectivity index is 3.86. The van der Waals surface area contributed by atoms with E-state index in [4.69, 9.17) is 18.5 Å². The molecule has 0 amide bonds. The van der Waals surface area contributed by atoms with E-state index in [1.54, 1.807) is 0 Å². The molecule has 0 aromatic heterocycles. The van der Waals surface area contributed by atoms with Crippen LogP contribution in [0.5, 0.6) is 0 Å². The van der Waals surface area contributed by atoms with Crippen molar-refractivity contribution in [2.45, 2.75) is 463 Å². The zero-order chi connectivity index (χ0) is 69.0. The lowest BCUT2D eigenvalue weighted by atomic mass is 10.0. The van der Waals surface area contributed by atoms with Crippen LogP contribution in [0.1, 0.15) is 457 Å². The number of phosphoric acid groups is 1. The van der Waals surface area contributed by atoms with Crippen molar-refractivity contribution in [1.29, 1.82) is 0 Å². The Morgan fingerprint density at radius 1 is 0.326 bits per heavy atom. The minimum Gasteiger partial charge on any atom is -0.756 e. The summed E-state index contributed by atoms with van der Waals surface area (Å²) in [6.45, 7) is 4.33. The Bertz CT molecular complexity index is 1650. The number of carbonyl (C=O) groups is 2. The molecule has 0 spiro atoms. The largest absolute Gasteiger partial charge is 0.756 e. The molecule has 0 aliphatic heterocycles. The van der Waals surface area contributed by atoms with E-state index >= 15 is 0 Å². The first-order valence-electron chi connectivity index (χ1n) is 42.5. The number of nitrogens with zero attached hydrogens (tertiary/aromatic N) is 1. The summed E-state index contributed by atoms with van der Waals surface area (Å²) in [5.74, 6) is -0.803. The summed E-state index contributed by atoms with van der Waals surface area (Å²) in [6, 6.07) is 0. The fourth-order valence-electron chi connectivity index (χ4n) is 13.2. The number of unbranched alkanes of at least 4 members (excludes halogenated alkanes) is 63. The monoisotopic (exact) mass is 1360 g/mol. The fourth-order valence-corrected chi connectivity index (χ4v) is 14.0. The second-order valence-electron chi connectivity index (χ2n) is 30.6. The second-order valence-corrected chi connectivity index (χ2v) is 32.0. The van der Waals surface area contributed by atoms with Crippen LogP contribution >= 0.6 is 7.82 Å². The number of carbonyl (C=O) groups excluding carboxylic acids is 2. The van der Waals surface area contributed by atoms with E-state index in [2.05, 4.69) is 38.2 Å². The molecule has 0 rings (SSSR count). The van der Waals surface area contributed by atoms with Gasteiger partial charge in [0.2, 0.25) is 0 Å². The molecular weight excluding hydrogens is 1190 g/mol. The molecule has 10 heteroatoms. The Kier molecular flexibility index (Phi) is 75.4. The van der Waals surface area contributed by atoms with Gasteiger partial charge in [0.25, 0.3) is 7.82 Å². The van der Waals surface area contributed by atoms with Crippen LogP contribution in [0, 0.1) is 0 Å². The lowest BCUT2D eigenvalue weighted by Gasteiger charge is -2.28. The summed E-state index contributed by atoms with van der Waals surface area (Å²) >= 11 is 0. The van der Waals surface area contributed by atoms with E-state index < -0.39 is 26.5 Å². The van der Waals surface area contributed by atoms with Crippen LogP contribution in [0.4, 0.5) is 0 Å². The number of allylic oxidation sites excluding steroid dienone is 4. The first-order valence-corrected chi connectivity index (χ1v) is 44.0. The number of ether oxygens (including phenoxy) is 2. The highest BCUT2D eigenvalue weighted by Crippen LogP contribution is 2.38. The zero-order valence-corrected chi connectivity index (χ0v) is 65.6. The highest BCUT2D eigenvalue weighted by atomic mass is 31.2. The average Bonchev–Trinajstić information content (AvgIpc) is 2.16. The van der Waals surface area contributed by atoms with Gasteiger partial charge < -0.3 is 27.9 Å². The van der Waals surface area contributed by atoms with E-state index in [1.165, 1.54) is 385 Å². The first kappa shape index (κ1) is 93.5. The van der Waals surface area contributed by atoms with Crippen molar-refractivity contribution in [1.82, 2.24) is 0 Å². The minimum atomic E-state index is -4.64. The van der Waals surface area contributed by atoms with Crippen molar-refractivity contribution in [2.24, 2.45) is 0 Å².